The van der Waals surface area contributed by atoms with Gasteiger partial charge < -0.3 is 19.5 Å². The van der Waals surface area contributed by atoms with Crippen molar-refractivity contribution in [2.24, 2.45) is 0 Å². The van der Waals surface area contributed by atoms with Crippen molar-refractivity contribution in [2.75, 3.05) is 24.7 Å². The molecule has 1 fully saturated rings. The average Bonchev–Trinajstić information content (AvgIpc) is 2.67. The number of hydrogen-bond acceptors (Lipinski definition) is 5. The van der Waals surface area contributed by atoms with E-state index in [2.05, 4.69) is 4.98 Å². The van der Waals surface area contributed by atoms with Crippen LogP contribution in [0.4, 0.5) is 11.5 Å². The van der Waals surface area contributed by atoms with Crippen LogP contribution < -0.4 is 4.90 Å². The molecule has 8 heteroatoms. The Labute approximate surface area is 167 Å². The third-order valence-electron chi connectivity index (χ3n) is 4.24. The van der Waals surface area contributed by atoms with Crippen LogP contribution in [0.3, 0.4) is 0 Å². The Hall–Kier alpha value is -1.86. The molecule has 2 aromatic rings. The number of hydrogen-bond donors (Lipinski definition) is 1. The van der Waals surface area contributed by atoms with Crippen LogP contribution in [0.1, 0.15) is 29.6 Å². The Bertz CT molecular complexity index is 797. The Balaban J connectivity index is 1.85. The highest BCUT2D eigenvalue weighted by molar-refractivity contribution is 6.34. The molecule has 1 aliphatic rings. The second-order valence-corrected chi connectivity index (χ2v) is 6.91. The van der Waals surface area contributed by atoms with Crippen molar-refractivity contribution in [2.45, 2.75) is 25.6 Å². The van der Waals surface area contributed by atoms with Gasteiger partial charge in [-0.3, -0.25) is 0 Å². The van der Waals surface area contributed by atoms with E-state index in [0.29, 0.717) is 41.3 Å². The van der Waals surface area contributed by atoms with Crippen LogP contribution in [0.15, 0.2) is 36.5 Å². The van der Waals surface area contributed by atoms with Gasteiger partial charge in [0.15, 0.2) is 12.1 Å². The standard InChI is InChI=1S/C19H20Cl2N2O4/c20-14-7-6-13(19(24)25)12-16(14)23(18-15(21)4-3-8-22-18)9-11-27-17-5-1-2-10-26-17/h3-4,6-8,12,17H,1-2,5,9-11H2,(H,24,25). The minimum atomic E-state index is -1.04. The lowest BCUT2D eigenvalue weighted by molar-refractivity contribution is -0.160. The molecule has 0 saturated carbocycles. The number of pyridine rings is 1. The molecular formula is C19H20Cl2N2O4. The summed E-state index contributed by atoms with van der Waals surface area (Å²) in [5.41, 5.74) is 0.633. The predicted molar refractivity (Wildman–Crippen MR) is 104 cm³/mol. The minimum absolute atomic E-state index is 0.128. The van der Waals surface area contributed by atoms with Gasteiger partial charge in [-0.2, -0.15) is 0 Å². The van der Waals surface area contributed by atoms with Crippen molar-refractivity contribution in [3.63, 3.8) is 0 Å². The third-order valence-corrected chi connectivity index (χ3v) is 4.85. The lowest BCUT2D eigenvalue weighted by atomic mass is 10.2. The number of carboxylic acids is 1. The number of aromatic nitrogens is 1. The van der Waals surface area contributed by atoms with Gasteiger partial charge in [-0.05, 0) is 49.6 Å². The number of carboxylic acid groups (broad SMARTS) is 1. The van der Waals surface area contributed by atoms with Gasteiger partial charge in [-0.25, -0.2) is 9.78 Å². The van der Waals surface area contributed by atoms with Gasteiger partial charge in [0.1, 0.15) is 0 Å². The molecular weight excluding hydrogens is 391 g/mol. The first-order chi connectivity index (χ1) is 13.1. The van der Waals surface area contributed by atoms with Crippen LogP contribution in [0.5, 0.6) is 0 Å². The van der Waals surface area contributed by atoms with Crippen LogP contribution in [0.2, 0.25) is 10.0 Å². The van der Waals surface area contributed by atoms with Gasteiger partial charge in [0.2, 0.25) is 0 Å². The fourth-order valence-corrected chi connectivity index (χ4v) is 3.33. The summed E-state index contributed by atoms with van der Waals surface area (Å²) < 4.78 is 11.4. The largest absolute Gasteiger partial charge is 0.478 e. The van der Waals surface area contributed by atoms with Crippen molar-refractivity contribution in [3.05, 3.63) is 52.1 Å². The lowest BCUT2D eigenvalue weighted by Gasteiger charge is -2.28. The number of ether oxygens (including phenoxy) is 2. The highest BCUT2D eigenvalue weighted by Crippen LogP contribution is 2.35. The molecule has 6 nitrogen and oxygen atoms in total. The number of anilines is 2. The Morgan fingerprint density at radius 2 is 2.15 bits per heavy atom. The first-order valence-electron chi connectivity index (χ1n) is 8.70. The molecule has 3 rings (SSSR count). The molecule has 0 spiro atoms. The van der Waals surface area contributed by atoms with Gasteiger partial charge in [-0.1, -0.05) is 23.2 Å². The van der Waals surface area contributed by atoms with Crippen LogP contribution in [0.25, 0.3) is 0 Å². The summed E-state index contributed by atoms with van der Waals surface area (Å²) in [6.45, 7) is 1.44. The van der Waals surface area contributed by atoms with Gasteiger partial charge in [0, 0.05) is 19.3 Å². The van der Waals surface area contributed by atoms with Crippen molar-refractivity contribution in [3.8, 4) is 0 Å². The van der Waals surface area contributed by atoms with Crippen LogP contribution in [-0.2, 0) is 9.47 Å². The molecule has 0 radical (unpaired) electrons. The van der Waals surface area contributed by atoms with Crippen molar-refractivity contribution >= 4 is 40.7 Å². The maximum absolute atomic E-state index is 11.4. The molecule has 1 N–H and O–H groups in total. The summed E-state index contributed by atoms with van der Waals surface area (Å²) in [5.74, 6) is -0.552. The summed E-state index contributed by atoms with van der Waals surface area (Å²) in [7, 11) is 0. The maximum Gasteiger partial charge on any atom is 0.335 e. The van der Waals surface area contributed by atoms with E-state index < -0.39 is 5.97 Å². The number of carbonyl (C=O) groups is 1. The van der Waals surface area contributed by atoms with E-state index in [9.17, 15) is 9.90 Å². The van der Waals surface area contributed by atoms with Crippen LogP contribution in [0, 0.1) is 0 Å². The zero-order chi connectivity index (χ0) is 19.2. The minimum Gasteiger partial charge on any atom is -0.478 e. The summed E-state index contributed by atoms with van der Waals surface area (Å²) in [6.07, 6.45) is 4.38. The molecule has 1 aromatic heterocycles. The molecule has 27 heavy (non-hydrogen) atoms. The summed E-state index contributed by atoms with van der Waals surface area (Å²) >= 11 is 12.7. The second kappa shape index (κ2) is 9.37. The van der Waals surface area contributed by atoms with E-state index in [0.717, 1.165) is 19.3 Å². The molecule has 1 saturated heterocycles. The van der Waals surface area contributed by atoms with Crippen molar-refractivity contribution in [1.29, 1.82) is 0 Å². The SMILES string of the molecule is O=C(O)c1ccc(Cl)c(N(CCOC2CCCCO2)c2ncccc2Cl)c1. The molecule has 2 heterocycles. The van der Waals surface area contributed by atoms with Gasteiger partial charge in [-0.15, -0.1) is 0 Å². The van der Waals surface area contributed by atoms with Crippen LogP contribution in [-0.4, -0.2) is 42.1 Å². The monoisotopic (exact) mass is 410 g/mol. The van der Waals surface area contributed by atoms with E-state index in [1.165, 1.54) is 12.1 Å². The highest BCUT2D eigenvalue weighted by Gasteiger charge is 2.20. The zero-order valence-corrected chi connectivity index (χ0v) is 16.1. The number of aromatic carboxylic acids is 1. The second-order valence-electron chi connectivity index (χ2n) is 6.10. The van der Waals surface area contributed by atoms with E-state index in [1.54, 1.807) is 29.3 Å². The average molecular weight is 411 g/mol. The van der Waals surface area contributed by atoms with E-state index >= 15 is 0 Å². The van der Waals surface area contributed by atoms with E-state index in [4.69, 9.17) is 32.7 Å². The van der Waals surface area contributed by atoms with Gasteiger partial charge in [0.25, 0.3) is 0 Å². The third kappa shape index (κ3) is 5.11. The molecule has 1 aliphatic heterocycles. The quantitative estimate of drug-likeness (QED) is 0.708. The predicted octanol–water partition coefficient (Wildman–Crippen LogP) is 4.77. The Morgan fingerprint density at radius 3 is 2.85 bits per heavy atom. The molecule has 144 valence electrons. The molecule has 1 atom stereocenters. The molecule has 0 aliphatic carbocycles. The van der Waals surface area contributed by atoms with Crippen molar-refractivity contribution < 1.29 is 19.4 Å². The fourth-order valence-electron chi connectivity index (χ4n) is 2.89. The first kappa shape index (κ1) is 19.9. The lowest BCUT2D eigenvalue weighted by Crippen LogP contribution is -2.29. The normalized spacial score (nSPS) is 16.9. The van der Waals surface area contributed by atoms with Crippen molar-refractivity contribution in [1.82, 2.24) is 4.98 Å². The summed E-state index contributed by atoms with van der Waals surface area (Å²) in [4.78, 5) is 17.5. The Morgan fingerprint density at radius 1 is 1.30 bits per heavy atom. The molecule has 1 unspecified atom stereocenters. The number of rotatable bonds is 7. The first-order valence-corrected chi connectivity index (χ1v) is 9.46. The highest BCUT2D eigenvalue weighted by atomic mass is 35.5. The number of halogens is 2. The molecule has 0 bridgehead atoms. The van der Waals surface area contributed by atoms with Gasteiger partial charge in [0.05, 0.1) is 27.9 Å². The fraction of sp³-hybridized carbons (Fsp3) is 0.368. The van der Waals surface area contributed by atoms with Crippen LogP contribution >= 0.6 is 23.2 Å². The number of benzene rings is 1. The summed E-state index contributed by atoms with van der Waals surface area (Å²) in [6, 6.07) is 7.96. The Kier molecular flexibility index (Phi) is 6.90. The number of nitrogens with zero attached hydrogens (tertiary/aromatic N) is 2. The van der Waals surface area contributed by atoms with Gasteiger partial charge >= 0.3 is 5.97 Å². The van der Waals surface area contributed by atoms with E-state index in [-0.39, 0.29) is 11.9 Å². The molecule has 1 aromatic carbocycles. The van der Waals surface area contributed by atoms with E-state index in [1.807, 2.05) is 0 Å². The smallest absolute Gasteiger partial charge is 0.335 e. The molecule has 0 amide bonds. The maximum atomic E-state index is 11.4. The summed E-state index contributed by atoms with van der Waals surface area (Å²) in [5, 5.41) is 10.1. The topological polar surface area (TPSA) is 71.9 Å². The zero-order valence-electron chi connectivity index (χ0n) is 14.6.